The van der Waals surface area contributed by atoms with E-state index in [2.05, 4.69) is 36.6 Å². The van der Waals surface area contributed by atoms with Crippen molar-refractivity contribution in [3.05, 3.63) is 105 Å². The summed E-state index contributed by atoms with van der Waals surface area (Å²) in [4.78, 5) is 27.3. The van der Waals surface area contributed by atoms with Crippen LogP contribution in [0, 0.1) is 6.92 Å². The third-order valence-corrected chi connectivity index (χ3v) is 5.25. The van der Waals surface area contributed by atoms with Crippen molar-refractivity contribution in [2.24, 2.45) is 0 Å². The Morgan fingerprint density at radius 3 is 1.93 bits per heavy atom. The van der Waals surface area contributed by atoms with Gasteiger partial charge < -0.3 is 24.6 Å². The van der Waals surface area contributed by atoms with E-state index in [1.807, 2.05) is 77.8 Å². The summed E-state index contributed by atoms with van der Waals surface area (Å²) in [5.41, 5.74) is 3.12. The molecule has 4 aromatic rings. The number of fused-ring (bicyclic) bond motifs is 1. The zero-order valence-corrected chi connectivity index (χ0v) is 24.4. The average Bonchev–Trinajstić information content (AvgIpc) is 2.97. The summed E-state index contributed by atoms with van der Waals surface area (Å²) in [5.74, 6) is 0. The second kappa shape index (κ2) is 18.8. The number of anilines is 2. The Morgan fingerprint density at radius 1 is 0.829 bits per heavy atom. The van der Waals surface area contributed by atoms with Crippen molar-refractivity contribution in [3.8, 4) is 0 Å². The highest BCUT2D eigenvalue weighted by molar-refractivity contribution is 5.81. The van der Waals surface area contributed by atoms with E-state index in [-0.39, 0.29) is 11.0 Å². The van der Waals surface area contributed by atoms with Gasteiger partial charge in [0.15, 0.2) is 0 Å². The van der Waals surface area contributed by atoms with E-state index in [0.717, 1.165) is 28.1 Å². The first-order valence-electron chi connectivity index (χ1n) is 12.9. The molecule has 0 saturated heterocycles. The number of nitrogens with one attached hydrogen (secondary N) is 2. The van der Waals surface area contributed by atoms with Crippen LogP contribution in [0.4, 0.5) is 24.5 Å². The molecule has 0 unspecified atom stereocenters. The molecular weight excluding hydrogens is 533 g/mol. The zero-order chi connectivity index (χ0) is 31.6. The predicted octanol–water partition coefficient (Wildman–Crippen LogP) is 7.92. The van der Waals surface area contributed by atoms with Crippen LogP contribution < -0.4 is 16.3 Å². The maximum atomic E-state index is 13.1. The molecular formula is C32H39F3N2O4. The van der Waals surface area contributed by atoms with E-state index < -0.39 is 17.4 Å². The largest absolute Gasteiger partial charge is 0.423 e. The molecule has 9 heteroatoms. The van der Waals surface area contributed by atoms with E-state index >= 15 is 0 Å². The van der Waals surface area contributed by atoms with Gasteiger partial charge in [-0.3, -0.25) is 0 Å². The Bertz CT molecular complexity index is 1370. The lowest BCUT2D eigenvalue weighted by Gasteiger charge is -2.10. The number of benzene rings is 3. The van der Waals surface area contributed by atoms with E-state index in [1.54, 1.807) is 6.07 Å². The minimum absolute atomic E-state index is 0.0579. The molecule has 0 radical (unpaired) electrons. The number of alkyl halides is 3. The number of hydrogen-bond acceptors (Lipinski definition) is 6. The number of hydrogen-bond donors (Lipinski definition) is 2. The minimum atomic E-state index is -4.60. The van der Waals surface area contributed by atoms with Crippen molar-refractivity contribution in [3.63, 3.8) is 0 Å². The number of rotatable bonds is 5. The molecule has 4 rings (SSSR count). The number of carbonyl (C=O) groups excluding carboxylic acids is 2. The van der Waals surface area contributed by atoms with Crippen molar-refractivity contribution in [2.45, 2.75) is 53.3 Å². The van der Waals surface area contributed by atoms with Crippen LogP contribution in [0.3, 0.4) is 0 Å². The van der Waals surface area contributed by atoms with Gasteiger partial charge in [-0.2, -0.15) is 13.2 Å². The van der Waals surface area contributed by atoms with Gasteiger partial charge >= 0.3 is 11.8 Å². The molecule has 0 spiro atoms. The smallest absolute Gasteiger partial charge is 0.417 e. The van der Waals surface area contributed by atoms with E-state index in [4.69, 9.17) is 14.0 Å². The molecule has 0 fully saturated rings. The summed E-state index contributed by atoms with van der Waals surface area (Å²) in [6, 6.07) is 21.5. The Labute approximate surface area is 239 Å². The molecule has 6 nitrogen and oxygen atoms in total. The first-order chi connectivity index (χ1) is 19.5. The highest BCUT2D eigenvalue weighted by Gasteiger charge is 2.33. The summed E-state index contributed by atoms with van der Waals surface area (Å²) in [7, 11) is 1.93. The van der Waals surface area contributed by atoms with Crippen molar-refractivity contribution >= 4 is 35.9 Å². The van der Waals surface area contributed by atoms with Gasteiger partial charge in [0.25, 0.3) is 0 Å². The van der Waals surface area contributed by atoms with Crippen molar-refractivity contribution in [1.29, 1.82) is 0 Å². The molecule has 0 aliphatic carbocycles. The fourth-order valence-electron chi connectivity index (χ4n) is 3.59. The minimum Gasteiger partial charge on any atom is -0.423 e. The second-order valence-corrected chi connectivity index (χ2v) is 8.60. The Kier molecular flexibility index (Phi) is 16.8. The lowest BCUT2D eigenvalue weighted by molar-refractivity contribution is -0.136. The summed E-state index contributed by atoms with van der Waals surface area (Å²) in [6.07, 6.45) is -4.09. The van der Waals surface area contributed by atoms with Gasteiger partial charge in [0.2, 0.25) is 0 Å². The molecule has 0 aliphatic heterocycles. The molecule has 0 saturated carbocycles. The summed E-state index contributed by atoms with van der Waals surface area (Å²) < 4.78 is 44.2. The molecule has 41 heavy (non-hydrogen) atoms. The fraction of sp³-hybridized carbons (Fsp3) is 0.281. The fourth-order valence-corrected chi connectivity index (χ4v) is 3.59. The van der Waals surface area contributed by atoms with Crippen LogP contribution in [0.5, 0.6) is 0 Å². The Morgan fingerprint density at radius 2 is 1.39 bits per heavy atom. The lowest BCUT2D eigenvalue weighted by Crippen LogP contribution is -2.11. The van der Waals surface area contributed by atoms with Crippen LogP contribution in [0.25, 0.3) is 11.0 Å². The maximum absolute atomic E-state index is 13.1. The second-order valence-electron chi connectivity index (χ2n) is 8.60. The van der Waals surface area contributed by atoms with Crippen LogP contribution >= 0.6 is 0 Å². The van der Waals surface area contributed by atoms with E-state index in [9.17, 15) is 18.0 Å². The van der Waals surface area contributed by atoms with E-state index in [0.29, 0.717) is 18.5 Å². The molecule has 0 atom stereocenters. The number of carbonyl (C=O) groups is 2. The normalized spacial score (nSPS) is 9.90. The highest BCUT2D eigenvalue weighted by atomic mass is 19.4. The van der Waals surface area contributed by atoms with Gasteiger partial charge in [-0.15, -0.1) is 0 Å². The lowest BCUT2D eigenvalue weighted by atomic mass is 10.0. The Hall–Kier alpha value is -4.40. The first-order valence-corrected chi connectivity index (χ1v) is 12.9. The average molecular weight is 573 g/mol. The van der Waals surface area contributed by atoms with Gasteiger partial charge in [0.1, 0.15) is 19.2 Å². The third kappa shape index (κ3) is 12.5. The molecule has 0 amide bonds. The van der Waals surface area contributed by atoms with Crippen LogP contribution in [0.2, 0.25) is 0 Å². The number of halogens is 3. The van der Waals surface area contributed by atoms with Crippen LogP contribution in [-0.4, -0.2) is 26.7 Å². The quantitative estimate of drug-likeness (QED) is 0.236. The predicted molar refractivity (Wildman–Crippen MR) is 162 cm³/mol. The van der Waals surface area contributed by atoms with Crippen molar-refractivity contribution in [1.82, 2.24) is 0 Å². The van der Waals surface area contributed by atoms with Gasteiger partial charge in [-0.1, -0.05) is 55.8 Å². The summed E-state index contributed by atoms with van der Waals surface area (Å²) in [5, 5.41) is 6.34. The van der Waals surface area contributed by atoms with Crippen LogP contribution in [0.1, 0.15) is 49.9 Å². The molecule has 0 bridgehead atoms. The van der Waals surface area contributed by atoms with Crippen LogP contribution in [0.15, 0.2) is 82.0 Å². The Balaban J connectivity index is 0.000000752. The van der Waals surface area contributed by atoms with E-state index in [1.165, 1.54) is 12.1 Å². The summed E-state index contributed by atoms with van der Waals surface area (Å²) in [6.45, 7) is 14.2. The zero-order valence-electron chi connectivity index (χ0n) is 24.4. The van der Waals surface area contributed by atoms with Crippen molar-refractivity contribution in [2.75, 3.05) is 17.7 Å². The van der Waals surface area contributed by atoms with Crippen LogP contribution in [-0.2, 0) is 22.2 Å². The highest BCUT2D eigenvalue weighted by Crippen LogP contribution is 2.34. The number of aryl methyl sites for hydroxylation is 1. The van der Waals surface area contributed by atoms with Crippen molar-refractivity contribution < 1.29 is 27.2 Å². The van der Waals surface area contributed by atoms with Gasteiger partial charge in [-0.25, -0.2) is 4.79 Å². The van der Waals surface area contributed by atoms with Gasteiger partial charge in [0.05, 0.1) is 5.56 Å². The molecule has 3 aromatic carbocycles. The summed E-state index contributed by atoms with van der Waals surface area (Å²) >= 11 is 0. The SMILES string of the molecule is C=O.C=O.CC.CNc1cccc(NC(C)C)c1.Cc1ccc(Cc2ccc3oc(=O)cc(C(F)(F)F)c3c2)cc1. The maximum Gasteiger partial charge on any atom is 0.417 e. The molecule has 0 aliphatic rings. The van der Waals surface area contributed by atoms with Gasteiger partial charge in [0, 0.05) is 35.9 Å². The molecule has 222 valence electrons. The first kappa shape index (κ1) is 36.6. The third-order valence-electron chi connectivity index (χ3n) is 5.25. The molecule has 1 heterocycles. The molecule has 2 N–H and O–H groups in total. The molecule has 1 aromatic heterocycles. The topological polar surface area (TPSA) is 88.4 Å². The van der Waals surface area contributed by atoms with Gasteiger partial charge in [-0.05, 0) is 68.7 Å². The standard InChI is InChI=1S/C18H13F3O2.C10H16N2.C2H6.2CH2O/c1-11-2-4-12(5-3-11)8-13-6-7-16-14(9-13)15(18(19,20)21)10-17(22)23-16;1-8(2)12-10-6-4-5-9(7-10)11-3;3*1-2/h2-7,9-10H,8H2,1H3;4-8,11-12H,1-3H3;1-2H3;2*1H2. The monoisotopic (exact) mass is 572 g/mol.